The first kappa shape index (κ1) is 43.7. The molecular formula is C36H47Cl3FN5O8. The number of ether oxygens (including phenoxy) is 3. The van der Waals surface area contributed by atoms with Gasteiger partial charge >= 0.3 is 18.0 Å². The molecule has 2 heterocycles. The predicted molar refractivity (Wildman–Crippen MR) is 200 cm³/mol. The van der Waals surface area contributed by atoms with Gasteiger partial charge in [-0.2, -0.15) is 0 Å². The fraction of sp³-hybridized carbons (Fsp3) is 0.556. The van der Waals surface area contributed by atoms with Crippen molar-refractivity contribution in [2.45, 2.75) is 108 Å². The number of aromatic nitrogens is 1. The Bertz CT molecular complexity index is 1700. The third kappa shape index (κ3) is 13.6. The van der Waals surface area contributed by atoms with E-state index in [2.05, 4.69) is 21.0 Å². The van der Waals surface area contributed by atoms with Crippen LogP contribution >= 0.6 is 34.8 Å². The average molecular weight is 803 g/mol. The maximum atomic E-state index is 14.7. The number of rotatable bonds is 12. The zero-order chi connectivity index (χ0) is 39.9. The van der Waals surface area contributed by atoms with E-state index in [0.29, 0.717) is 29.6 Å². The standard InChI is InChI=1S/C36H47Cl3FN5O8/c1-20(40)28(29(46)41-22(3)30(47)45-17-9-10-26(44-45)31(48)51-19-36(37,38)39)52-32(49)35(7,8)16-15-23-11-12-24-13-14-25(43-27(24)18-23)21(2)42-33(50)53-34(4,5)6/h11-16,18,20-22,26,28,44H,9-10,17,19H2,1-8H3,(H,41,46)(H,42,50). The topological polar surface area (TPSA) is 165 Å². The molecule has 53 heavy (non-hydrogen) atoms. The normalized spacial score (nSPS) is 17.7. The van der Waals surface area contributed by atoms with E-state index in [1.807, 2.05) is 30.3 Å². The van der Waals surface area contributed by atoms with Gasteiger partial charge in [-0.05, 0) is 85.9 Å². The minimum Gasteiger partial charge on any atom is -0.460 e. The summed E-state index contributed by atoms with van der Waals surface area (Å²) >= 11 is 16.9. The molecule has 3 N–H and O–H groups in total. The Labute approximate surface area is 323 Å². The number of pyridine rings is 1. The Morgan fingerprint density at radius 3 is 2.32 bits per heavy atom. The first-order valence-electron chi connectivity index (χ1n) is 17.0. The predicted octanol–water partition coefficient (Wildman–Crippen LogP) is 6.04. The summed E-state index contributed by atoms with van der Waals surface area (Å²) in [6.45, 7) is 12.4. The van der Waals surface area contributed by atoms with Crippen molar-refractivity contribution in [2.75, 3.05) is 13.2 Å². The van der Waals surface area contributed by atoms with Crippen LogP contribution in [0.2, 0.25) is 0 Å². The van der Waals surface area contributed by atoms with E-state index >= 15 is 0 Å². The molecule has 3 amide bonds. The van der Waals surface area contributed by atoms with E-state index in [4.69, 9.17) is 49.0 Å². The lowest BCUT2D eigenvalue weighted by Gasteiger charge is -2.34. The molecule has 1 aromatic heterocycles. The molecule has 1 aliphatic heterocycles. The van der Waals surface area contributed by atoms with Crippen LogP contribution in [-0.4, -0.2) is 86.7 Å². The summed E-state index contributed by atoms with van der Waals surface area (Å²) in [7, 11) is 0. The molecule has 1 fully saturated rings. The number of esters is 2. The van der Waals surface area contributed by atoms with Crippen LogP contribution in [0.1, 0.15) is 85.5 Å². The van der Waals surface area contributed by atoms with Crippen LogP contribution in [0.15, 0.2) is 36.4 Å². The van der Waals surface area contributed by atoms with Gasteiger partial charge < -0.3 is 24.8 Å². The number of hydrogen-bond acceptors (Lipinski definition) is 10. The van der Waals surface area contributed by atoms with Crippen molar-refractivity contribution in [3.8, 4) is 0 Å². The molecule has 292 valence electrons. The molecule has 1 aromatic carbocycles. The smallest absolute Gasteiger partial charge is 0.408 e. The summed E-state index contributed by atoms with van der Waals surface area (Å²) in [5.41, 5.74) is 2.75. The molecule has 5 unspecified atom stereocenters. The number of carbonyl (C=O) groups excluding carboxylic acids is 5. The maximum Gasteiger partial charge on any atom is 0.408 e. The zero-order valence-electron chi connectivity index (χ0n) is 30.9. The molecular weight excluding hydrogens is 756 g/mol. The summed E-state index contributed by atoms with van der Waals surface area (Å²) in [6, 6.07) is 6.66. The van der Waals surface area contributed by atoms with Crippen LogP contribution in [0, 0.1) is 5.41 Å². The number of hydrazine groups is 1. The molecule has 0 aliphatic carbocycles. The second-order valence-corrected chi connectivity index (χ2v) is 16.9. The molecule has 5 atom stereocenters. The number of fused-ring (bicyclic) bond motifs is 1. The number of nitrogens with one attached hydrogen (secondary N) is 3. The summed E-state index contributed by atoms with van der Waals surface area (Å²) < 4.78 is 28.6. The van der Waals surface area contributed by atoms with Gasteiger partial charge in [-0.1, -0.05) is 65.2 Å². The molecule has 1 saturated heterocycles. The number of carbonyl (C=O) groups is 5. The van der Waals surface area contributed by atoms with Gasteiger partial charge in [0.05, 0.1) is 22.7 Å². The first-order chi connectivity index (χ1) is 24.5. The molecule has 0 radical (unpaired) electrons. The number of nitrogens with zero attached hydrogens (tertiary/aromatic N) is 2. The first-order valence-corrected chi connectivity index (χ1v) is 18.1. The Morgan fingerprint density at radius 2 is 1.70 bits per heavy atom. The molecule has 13 nitrogen and oxygen atoms in total. The number of alkyl halides is 4. The van der Waals surface area contributed by atoms with Crippen LogP contribution < -0.4 is 16.1 Å². The lowest BCUT2D eigenvalue weighted by atomic mass is 9.92. The van der Waals surface area contributed by atoms with Crippen molar-refractivity contribution in [3.63, 3.8) is 0 Å². The number of hydrogen-bond donors (Lipinski definition) is 3. The van der Waals surface area contributed by atoms with Crippen molar-refractivity contribution >= 4 is 81.6 Å². The van der Waals surface area contributed by atoms with E-state index in [-0.39, 0.29) is 6.54 Å². The van der Waals surface area contributed by atoms with E-state index in [1.54, 1.807) is 53.7 Å². The van der Waals surface area contributed by atoms with Crippen LogP contribution in [-0.2, 0) is 33.4 Å². The summed E-state index contributed by atoms with van der Waals surface area (Å²) in [4.78, 5) is 68.8. The third-order valence-corrected chi connectivity index (χ3v) is 8.21. The Balaban J connectivity index is 1.63. The molecule has 0 bridgehead atoms. The van der Waals surface area contributed by atoms with Gasteiger partial charge in [0.1, 0.15) is 30.5 Å². The molecule has 3 rings (SSSR count). The van der Waals surface area contributed by atoms with Crippen LogP contribution in [0.5, 0.6) is 0 Å². The summed E-state index contributed by atoms with van der Waals surface area (Å²) in [6.07, 6.45) is -0.319. The highest BCUT2D eigenvalue weighted by atomic mass is 35.6. The summed E-state index contributed by atoms with van der Waals surface area (Å²) in [5, 5.41) is 7.17. The van der Waals surface area contributed by atoms with Gasteiger partial charge in [-0.3, -0.25) is 29.2 Å². The van der Waals surface area contributed by atoms with E-state index in [9.17, 15) is 28.4 Å². The van der Waals surface area contributed by atoms with Gasteiger partial charge in [0.2, 0.25) is 9.90 Å². The van der Waals surface area contributed by atoms with Crippen LogP contribution in [0.25, 0.3) is 17.0 Å². The highest BCUT2D eigenvalue weighted by molar-refractivity contribution is 6.67. The highest BCUT2D eigenvalue weighted by Crippen LogP contribution is 2.27. The molecule has 2 aromatic rings. The summed E-state index contributed by atoms with van der Waals surface area (Å²) in [5.74, 6) is -3.25. The Morgan fingerprint density at radius 1 is 1.04 bits per heavy atom. The molecule has 1 aliphatic rings. The third-order valence-electron chi connectivity index (χ3n) is 7.89. The largest absolute Gasteiger partial charge is 0.460 e. The second kappa shape index (κ2) is 18.1. The van der Waals surface area contributed by atoms with Gasteiger partial charge in [-0.25, -0.2) is 14.6 Å². The van der Waals surface area contributed by atoms with E-state index in [1.165, 1.54) is 6.92 Å². The minimum atomic E-state index is -1.92. The Kier molecular flexibility index (Phi) is 14.9. The van der Waals surface area contributed by atoms with Crippen molar-refractivity contribution in [1.82, 2.24) is 26.1 Å². The maximum absolute atomic E-state index is 14.7. The molecule has 0 saturated carbocycles. The van der Waals surface area contributed by atoms with Crippen molar-refractivity contribution in [2.24, 2.45) is 5.41 Å². The van der Waals surface area contributed by atoms with Crippen molar-refractivity contribution in [1.29, 1.82) is 0 Å². The molecule has 17 heteroatoms. The minimum absolute atomic E-state index is 0.213. The monoisotopic (exact) mass is 801 g/mol. The average Bonchev–Trinajstić information content (AvgIpc) is 3.06. The number of alkyl carbamates (subject to hydrolysis) is 1. The van der Waals surface area contributed by atoms with Crippen LogP contribution in [0.4, 0.5) is 9.18 Å². The quantitative estimate of drug-likeness (QED) is 0.131. The Hall–Kier alpha value is -3.72. The number of halogens is 4. The van der Waals surface area contributed by atoms with Crippen molar-refractivity contribution < 1.29 is 42.6 Å². The number of amides is 3. The number of benzene rings is 1. The van der Waals surface area contributed by atoms with E-state index in [0.717, 1.165) is 17.3 Å². The fourth-order valence-electron chi connectivity index (χ4n) is 5.01. The highest BCUT2D eigenvalue weighted by Gasteiger charge is 2.38. The lowest BCUT2D eigenvalue weighted by molar-refractivity contribution is -0.166. The van der Waals surface area contributed by atoms with Gasteiger partial charge in [-0.15, -0.1) is 0 Å². The SMILES string of the molecule is CC(NC(=O)C(OC(=O)C(C)(C)C=Cc1ccc2ccc(C(C)NC(=O)OC(C)(C)C)nc2c1)C(C)F)C(=O)N1CCCC(C(=O)OCC(Cl)(Cl)Cl)N1. The lowest BCUT2D eigenvalue weighted by Crippen LogP contribution is -2.60. The van der Waals surface area contributed by atoms with Crippen LogP contribution in [0.3, 0.4) is 0 Å². The zero-order valence-corrected chi connectivity index (χ0v) is 33.2. The molecule has 0 spiro atoms. The van der Waals surface area contributed by atoms with E-state index < -0.39 is 81.7 Å². The second-order valence-electron chi connectivity index (χ2n) is 14.4. The van der Waals surface area contributed by atoms with Gasteiger partial charge in [0.25, 0.3) is 11.8 Å². The van der Waals surface area contributed by atoms with Gasteiger partial charge in [0.15, 0.2) is 0 Å². The van der Waals surface area contributed by atoms with Crippen molar-refractivity contribution in [3.05, 3.63) is 47.7 Å². The van der Waals surface area contributed by atoms with Gasteiger partial charge in [0, 0.05) is 11.9 Å². The fourth-order valence-corrected chi connectivity index (χ4v) is 5.17.